The molecule has 0 bridgehead atoms. The molecule has 2 heterocycles. The van der Waals surface area contributed by atoms with Crippen molar-refractivity contribution in [1.82, 2.24) is 10.6 Å². The van der Waals surface area contributed by atoms with E-state index in [4.69, 9.17) is 13.9 Å². The number of ether oxygens (including phenoxy) is 2. The van der Waals surface area contributed by atoms with Gasteiger partial charge >= 0.3 is 18.0 Å². The maximum Gasteiger partial charge on any atom is 0.338 e. The number of nitrogens with one attached hydrogen (secondary N) is 2. The fourth-order valence-corrected chi connectivity index (χ4v) is 2.30. The highest BCUT2D eigenvalue weighted by molar-refractivity contribution is 5.95. The minimum absolute atomic E-state index is 0.200. The van der Waals surface area contributed by atoms with E-state index >= 15 is 0 Å². The van der Waals surface area contributed by atoms with Gasteiger partial charge in [-0.25, -0.2) is 14.4 Å². The normalized spacial score (nSPS) is 17.2. The highest BCUT2D eigenvalue weighted by Crippen LogP contribution is 2.17. The van der Waals surface area contributed by atoms with Crippen LogP contribution >= 0.6 is 0 Å². The Morgan fingerprint density at radius 3 is 2.76 bits per heavy atom. The number of carbonyl (C=O) groups excluding carboxylic acids is 3. The van der Waals surface area contributed by atoms with Crippen LogP contribution in [-0.2, 0) is 19.1 Å². The zero-order valence-electron chi connectivity index (χ0n) is 14.0. The molecule has 0 saturated carbocycles. The molecule has 2 amide bonds. The molecule has 8 heteroatoms. The average molecular weight is 348 g/mol. The Kier molecular flexibility index (Phi) is 6.39. The summed E-state index contributed by atoms with van der Waals surface area (Å²) in [5.41, 5.74) is 0.473. The van der Waals surface area contributed by atoms with E-state index in [-0.39, 0.29) is 24.5 Å². The summed E-state index contributed by atoms with van der Waals surface area (Å²) in [6.07, 6.45) is 4.64. The fourth-order valence-electron chi connectivity index (χ4n) is 2.30. The minimum Gasteiger partial charge on any atom is -0.465 e. The van der Waals surface area contributed by atoms with Crippen LogP contribution in [0.15, 0.2) is 40.2 Å². The van der Waals surface area contributed by atoms with E-state index in [1.807, 2.05) is 6.92 Å². The molecule has 0 unspecified atom stereocenters. The van der Waals surface area contributed by atoms with E-state index in [2.05, 4.69) is 10.6 Å². The maximum absolute atomic E-state index is 12.2. The molecule has 134 valence electrons. The van der Waals surface area contributed by atoms with E-state index in [1.165, 1.54) is 18.4 Å². The highest BCUT2D eigenvalue weighted by atomic mass is 16.5. The van der Waals surface area contributed by atoms with Crippen molar-refractivity contribution in [3.63, 3.8) is 0 Å². The van der Waals surface area contributed by atoms with Crippen molar-refractivity contribution in [2.24, 2.45) is 0 Å². The average Bonchev–Trinajstić information content (AvgIpc) is 3.11. The van der Waals surface area contributed by atoms with E-state index in [9.17, 15) is 14.4 Å². The molecule has 1 aromatic heterocycles. The molecule has 0 aliphatic carbocycles. The second-order valence-corrected chi connectivity index (χ2v) is 5.13. The molecule has 8 nitrogen and oxygen atoms in total. The molecule has 25 heavy (non-hydrogen) atoms. The number of furan rings is 1. The topological polar surface area (TPSA) is 107 Å². The van der Waals surface area contributed by atoms with Gasteiger partial charge in [-0.15, -0.1) is 0 Å². The molecule has 0 spiro atoms. The first kappa shape index (κ1) is 18.3. The Labute approximate surface area is 144 Å². The van der Waals surface area contributed by atoms with Crippen molar-refractivity contribution in [2.45, 2.75) is 26.3 Å². The Bertz CT molecular complexity index is 690. The zero-order valence-corrected chi connectivity index (χ0v) is 14.0. The first-order chi connectivity index (χ1) is 12.0. The van der Waals surface area contributed by atoms with Gasteiger partial charge in [0.2, 0.25) is 0 Å². The fraction of sp³-hybridized carbons (Fsp3) is 0.353. The molecule has 0 aromatic carbocycles. The minimum atomic E-state index is -0.632. The second kappa shape index (κ2) is 8.72. The highest BCUT2D eigenvalue weighted by Gasteiger charge is 2.31. The van der Waals surface area contributed by atoms with Crippen LogP contribution in [0.2, 0.25) is 0 Å². The van der Waals surface area contributed by atoms with Crippen LogP contribution in [-0.4, -0.2) is 37.2 Å². The largest absolute Gasteiger partial charge is 0.465 e. The summed E-state index contributed by atoms with van der Waals surface area (Å²) in [5, 5.41) is 5.15. The first-order valence-electron chi connectivity index (χ1n) is 7.91. The molecule has 1 aromatic rings. The first-order valence-corrected chi connectivity index (χ1v) is 7.91. The van der Waals surface area contributed by atoms with E-state index in [0.717, 1.165) is 0 Å². The lowest BCUT2D eigenvalue weighted by atomic mass is 10.0. The summed E-state index contributed by atoms with van der Waals surface area (Å²) < 4.78 is 15.2. The number of hydrogen-bond donors (Lipinski definition) is 2. The summed E-state index contributed by atoms with van der Waals surface area (Å²) in [6, 6.07) is 2.42. The quantitative estimate of drug-likeness (QED) is 0.574. The van der Waals surface area contributed by atoms with Crippen LogP contribution in [0.3, 0.4) is 0 Å². The van der Waals surface area contributed by atoms with Crippen molar-refractivity contribution >= 4 is 24.0 Å². The van der Waals surface area contributed by atoms with Gasteiger partial charge in [0, 0.05) is 6.08 Å². The lowest BCUT2D eigenvalue weighted by Gasteiger charge is -2.28. The summed E-state index contributed by atoms with van der Waals surface area (Å²) in [4.78, 5) is 35.7. The Balaban J connectivity index is 2.10. The number of hydrogen-bond acceptors (Lipinski definition) is 6. The Hall–Kier alpha value is -3.03. The van der Waals surface area contributed by atoms with Gasteiger partial charge in [-0.3, -0.25) is 0 Å². The molecular weight excluding hydrogens is 328 g/mol. The van der Waals surface area contributed by atoms with Crippen molar-refractivity contribution in [2.75, 3.05) is 13.2 Å². The standard InChI is InChI=1S/C17H20N2O6/c1-3-12-15(16(21)23-4-2)13(19-17(22)18-12)10-25-14(20)8-7-11-6-5-9-24-11/h5-9,12H,3-4,10H2,1-2H3,(H2,18,19,22)/b8-7+/t12-/m0/s1. The smallest absolute Gasteiger partial charge is 0.338 e. The third-order valence-corrected chi connectivity index (χ3v) is 3.43. The van der Waals surface area contributed by atoms with Gasteiger partial charge in [0.25, 0.3) is 0 Å². The number of carbonyl (C=O) groups is 3. The molecule has 2 rings (SSSR count). The van der Waals surface area contributed by atoms with Gasteiger partial charge in [0.05, 0.1) is 30.2 Å². The number of rotatable bonds is 7. The zero-order chi connectivity index (χ0) is 18.2. The number of esters is 2. The van der Waals surface area contributed by atoms with E-state index in [0.29, 0.717) is 12.2 Å². The van der Waals surface area contributed by atoms with Crippen molar-refractivity contribution in [1.29, 1.82) is 0 Å². The van der Waals surface area contributed by atoms with Gasteiger partial charge in [0.15, 0.2) is 0 Å². The third kappa shape index (κ3) is 4.97. The maximum atomic E-state index is 12.2. The van der Waals surface area contributed by atoms with Gasteiger partial charge in [-0.05, 0) is 31.6 Å². The van der Waals surface area contributed by atoms with Crippen LogP contribution < -0.4 is 10.6 Å². The molecular formula is C17H20N2O6. The molecule has 0 radical (unpaired) electrons. The van der Waals surface area contributed by atoms with Crippen LogP contribution in [0, 0.1) is 0 Å². The van der Waals surface area contributed by atoms with Crippen molar-refractivity contribution in [3.8, 4) is 0 Å². The van der Waals surface area contributed by atoms with Crippen molar-refractivity contribution in [3.05, 3.63) is 41.5 Å². The van der Waals surface area contributed by atoms with Crippen LogP contribution in [0.1, 0.15) is 26.0 Å². The molecule has 0 saturated heterocycles. The summed E-state index contributed by atoms with van der Waals surface area (Å²) in [7, 11) is 0. The molecule has 1 atom stereocenters. The van der Waals surface area contributed by atoms with Crippen LogP contribution in [0.5, 0.6) is 0 Å². The second-order valence-electron chi connectivity index (χ2n) is 5.13. The Morgan fingerprint density at radius 2 is 2.12 bits per heavy atom. The van der Waals surface area contributed by atoms with Gasteiger partial charge in [-0.2, -0.15) is 0 Å². The van der Waals surface area contributed by atoms with Gasteiger partial charge in [0.1, 0.15) is 12.4 Å². The summed E-state index contributed by atoms with van der Waals surface area (Å²) in [6.45, 7) is 3.46. The number of amides is 2. The molecule has 2 N–H and O–H groups in total. The molecule has 1 aliphatic rings. The van der Waals surface area contributed by atoms with Gasteiger partial charge in [-0.1, -0.05) is 6.92 Å². The summed E-state index contributed by atoms with van der Waals surface area (Å²) in [5.74, 6) is -0.684. The lowest BCUT2D eigenvalue weighted by molar-refractivity contribution is -0.140. The summed E-state index contributed by atoms with van der Waals surface area (Å²) >= 11 is 0. The van der Waals surface area contributed by atoms with E-state index in [1.54, 1.807) is 19.1 Å². The van der Waals surface area contributed by atoms with Gasteiger partial charge < -0.3 is 24.5 Å². The SMILES string of the molecule is CCOC(=O)C1=C(COC(=O)/C=C/c2ccco2)NC(=O)N[C@H]1CC. The lowest BCUT2D eigenvalue weighted by Crippen LogP contribution is -2.51. The Morgan fingerprint density at radius 1 is 1.32 bits per heavy atom. The third-order valence-electron chi connectivity index (χ3n) is 3.43. The van der Waals surface area contributed by atoms with E-state index < -0.39 is 24.0 Å². The van der Waals surface area contributed by atoms with Crippen LogP contribution in [0.25, 0.3) is 6.08 Å². The van der Waals surface area contributed by atoms with Crippen LogP contribution in [0.4, 0.5) is 4.79 Å². The monoisotopic (exact) mass is 348 g/mol. The van der Waals surface area contributed by atoms with Crippen molar-refractivity contribution < 1.29 is 28.3 Å². The predicted octanol–water partition coefficient (Wildman–Crippen LogP) is 1.74. The molecule has 1 aliphatic heterocycles. The predicted molar refractivity (Wildman–Crippen MR) is 88.1 cm³/mol. The molecule has 0 fully saturated rings. The number of urea groups is 1.